The number of aromatic nitrogens is 3. The Morgan fingerprint density at radius 1 is 1.03 bits per heavy atom. The molecule has 8 heteroatoms. The third-order valence-corrected chi connectivity index (χ3v) is 7.01. The lowest BCUT2D eigenvalue weighted by molar-refractivity contribution is -0.118. The fraction of sp³-hybridized carbons (Fsp3) is 0.409. The molecule has 1 amide bonds. The highest BCUT2D eigenvalue weighted by atomic mass is 32.2. The number of rotatable bonds is 9. The van der Waals surface area contributed by atoms with Crippen LogP contribution < -0.4 is 5.32 Å². The highest BCUT2D eigenvalue weighted by Crippen LogP contribution is 2.21. The predicted octanol–water partition coefficient (Wildman–Crippen LogP) is 3.78. The van der Waals surface area contributed by atoms with Gasteiger partial charge in [0.1, 0.15) is 5.82 Å². The molecule has 0 spiro atoms. The second-order valence-corrected chi connectivity index (χ2v) is 9.43. The van der Waals surface area contributed by atoms with Gasteiger partial charge in [-0.1, -0.05) is 54.6 Å². The van der Waals surface area contributed by atoms with Gasteiger partial charge >= 0.3 is 0 Å². The molecule has 1 N–H and O–H groups in total. The van der Waals surface area contributed by atoms with Crippen molar-refractivity contribution >= 4 is 29.0 Å². The van der Waals surface area contributed by atoms with Gasteiger partial charge in [0.2, 0.25) is 5.91 Å². The summed E-state index contributed by atoms with van der Waals surface area (Å²) in [4.78, 5) is 15.9. The molecule has 0 bridgehead atoms. The highest BCUT2D eigenvalue weighted by molar-refractivity contribution is 7.99. The lowest BCUT2D eigenvalue weighted by Crippen LogP contribution is -2.30. The number of carbonyl (C=O) groups is 1. The van der Waals surface area contributed by atoms with Crippen molar-refractivity contribution in [1.82, 2.24) is 25.0 Å². The SMILES string of the molecule is O=C(CSc1nnc(CN2CCCCC2)n1Cc1ccccc1)NCc1cccs1. The van der Waals surface area contributed by atoms with Gasteiger partial charge in [0.15, 0.2) is 5.16 Å². The summed E-state index contributed by atoms with van der Waals surface area (Å²) in [6.45, 7) is 4.34. The first kappa shape index (κ1) is 21.1. The number of thiophene rings is 1. The molecule has 30 heavy (non-hydrogen) atoms. The molecule has 0 radical (unpaired) electrons. The van der Waals surface area contributed by atoms with Crippen LogP contribution in [0.5, 0.6) is 0 Å². The molecule has 0 atom stereocenters. The Balaban J connectivity index is 1.42. The Labute approximate surface area is 185 Å². The largest absolute Gasteiger partial charge is 0.350 e. The zero-order valence-electron chi connectivity index (χ0n) is 17.0. The van der Waals surface area contributed by atoms with E-state index in [1.54, 1.807) is 11.3 Å². The second kappa shape index (κ2) is 10.7. The quantitative estimate of drug-likeness (QED) is 0.512. The maximum atomic E-state index is 12.3. The van der Waals surface area contributed by atoms with Crippen molar-refractivity contribution in [2.75, 3.05) is 18.8 Å². The Hall–Kier alpha value is -2.16. The number of amides is 1. The van der Waals surface area contributed by atoms with Crippen molar-refractivity contribution in [2.45, 2.75) is 44.1 Å². The standard InChI is InChI=1S/C22H27N5OS2/c28-21(23-14-19-10-7-13-29-19)17-30-22-25-24-20(16-26-11-5-2-6-12-26)27(22)15-18-8-3-1-4-9-18/h1,3-4,7-10,13H,2,5-6,11-12,14-17H2,(H,23,28). The van der Waals surface area contributed by atoms with Crippen molar-refractivity contribution < 1.29 is 4.79 Å². The second-order valence-electron chi connectivity index (χ2n) is 7.45. The molecule has 1 aliphatic heterocycles. The molecule has 1 aliphatic rings. The molecule has 1 aromatic carbocycles. The van der Waals surface area contributed by atoms with Crippen molar-refractivity contribution in [1.29, 1.82) is 0 Å². The lowest BCUT2D eigenvalue weighted by atomic mass is 10.1. The van der Waals surface area contributed by atoms with Crippen LogP contribution in [-0.4, -0.2) is 44.4 Å². The van der Waals surface area contributed by atoms with E-state index in [0.717, 1.165) is 42.0 Å². The third kappa shape index (κ3) is 5.93. The fourth-order valence-corrected chi connectivity index (χ4v) is 5.00. The van der Waals surface area contributed by atoms with E-state index in [1.165, 1.54) is 36.6 Å². The molecule has 3 heterocycles. The van der Waals surface area contributed by atoms with Crippen LogP contribution in [0.4, 0.5) is 0 Å². The van der Waals surface area contributed by atoms with Gasteiger partial charge in [0, 0.05) is 4.88 Å². The van der Waals surface area contributed by atoms with Crippen LogP contribution in [-0.2, 0) is 24.4 Å². The van der Waals surface area contributed by atoms with Crippen LogP contribution >= 0.6 is 23.1 Å². The van der Waals surface area contributed by atoms with E-state index in [1.807, 2.05) is 23.6 Å². The number of carbonyl (C=O) groups excluding carboxylic acids is 1. The number of likely N-dealkylation sites (tertiary alicyclic amines) is 1. The smallest absolute Gasteiger partial charge is 0.230 e. The molecular formula is C22H27N5OS2. The van der Waals surface area contributed by atoms with Crippen molar-refractivity contribution in [3.05, 3.63) is 64.1 Å². The van der Waals surface area contributed by atoms with Crippen LogP contribution in [0.3, 0.4) is 0 Å². The molecule has 1 fully saturated rings. The van der Waals surface area contributed by atoms with Gasteiger partial charge in [-0.3, -0.25) is 9.69 Å². The summed E-state index contributed by atoms with van der Waals surface area (Å²) in [5, 5.41) is 14.7. The van der Waals surface area contributed by atoms with Crippen molar-refractivity contribution in [2.24, 2.45) is 0 Å². The summed E-state index contributed by atoms with van der Waals surface area (Å²) in [6, 6.07) is 14.4. The van der Waals surface area contributed by atoms with Gasteiger partial charge in [-0.15, -0.1) is 21.5 Å². The predicted molar refractivity (Wildman–Crippen MR) is 122 cm³/mol. The fourth-order valence-electron chi connectivity index (χ4n) is 3.57. The first-order valence-electron chi connectivity index (χ1n) is 10.4. The highest BCUT2D eigenvalue weighted by Gasteiger charge is 2.18. The van der Waals surface area contributed by atoms with Crippen LogP contribution in [0.2, 0.25) is 0 Å². The minimum absolute atomic E-state index is 0.0141. The van der Waals surface area contributed by atoms with E-state index >= 15 is 0 Å². The Morgan fingerprint density at radius 3 is 2.63 bits per heavy atom. The summed E-state index contributed by atoms with van der Waals surface area (Å²) in [5.41, 5.74) is 1.21. The zero-order chi connectivity index (χ0) is 20.6. The molecule has 6 nitrogen and oxygen atoms in total. The normalized spacial score (nSPS) is 14.7. The average Bonchev–Trinajstić information content (AvgIpc) is 3.43. The number of hydrogen-bond acceptors (Lipinski definition) is 6. The first-order valence-corrected chi connectivity index (χ1v) is 12.2. The maximum absolute atomic E-state index is 12.3. The third-order valence-electron chi connectivity index (χ3n) is 5.16. The Kier molecular flexibility index (Phi) is 7.55. The Morgan fingerprint density at radius 2 is 1.87 bits per heavy atom. The molecular weight excluding hydrogens is 414 g/mol. The number of piperidine rings is 1. The number of benzene rings is 1. The number of nitrogens with one attached hydrogen (secondary N) is 1. The minimum atomic E-state index is 0.0141. The van der Waals surface area contributed by atoms with E-state index in [4.69, 9.17) is 0 Å². The molecule has 1 saturated heterocycles. The summed E-state index contributed by atoms with van der Waals surface area (Å²) in [6.07, 6.45) is 3.81. The molecule has 4 rings (SSSR count). The average molecular weight is 442 g/mol. The van der Waals surface area contributed by atoms with E-state index < -0.39 is 0 Å². The maximum Gasteiger partial charge on any atom is 0.230 e. The van der Waals surface area contributed by atoms with E-state index in [0.29, 0.717) is 12.3 Å². The Bertz CT molecular complexity index is 920. The topological polar surface area (TPSA) is 63.1 Å². The number of nitrogens with zero attached hydrogens (tertiary/aromatic N) is 4. The van der Waals surface area contributed by atoms with Crippen molar-refractivity contribution in [3.63, 3.8) is 0 Å². The van der Waals surface area contributed by atoms with Crippen LogP contribution in [0, 0.1) is 0 Å². The minimum Gasteiger partial charge on any atom is -0.350 e. The van der Waals surface area contributed by atoms with Gasteiger partial charge < -0.3 is 9.88 Å². The zero-order valence-corrected chi connectivity index (χ0v) is 18.6. The monoisotopic (exact) mass is 441 g/mol. The van der Waals surface area contributed by atoms with E-state index in [2.05, 4.69) is 49.2 Å². The summed E-state index contributed by atoms with van der Waals surface area (Å²) < 4.78 is 2.17. The summed E-state index contributed by atoms with van der Waals surface area (Å²) >= 11 is 3.11. The van der Waals surface area contributed by atoms with Gasteiger partial charge in [-0.2, -0.15) is 0 Å². The molecule has 2 aromatic heterocycles. The van der Waals surface area contributed by atoms with E-state index in [9.17, 15) is 4.79 Å². The van der Waals surface area contributed by atoms with Gasteiger partial charge in [-0.05, 0) is 42.9 Å². The van der Waals surface area contributed by atoms with Crippen LogP contribution in [0.15, 0.2) is 53.0 Å². The molecule has 0 aliphatic carbocycles. The molecule has 158 valence electrons. The van der Waals surface area contributed by atoms with E-state index in [-0.39, 0.29) is 5.91 Å². The molecule has 0 unspecified atom stereocenters. The summed E-state index contributed by atoms with van der Waals surface area (Å²) in [7, 11) is 0. The molecule has 3 aromatic rings. The van der Waals surface area contributed by atoms with Gasteiger partial charge in [-0.25, -0.2) is 0 Å². The molecule has 0 saturated carbocycles. The van der Waals surface area contributed by atoms with Crippen molar-refractivity contribution in [3.8, 4) is 0 Å². The number of hydrogen-bond donors (Lipinski definition) is 1. The van der Waals surface area contributed by atoms with Crippen LogP contribution in [0.25, 0.3) is 0 Å². The van der Waals surface area contributed by atoms with Crippen LogP contribution in [0.1, 0.15) is 35.5 Å². The van der Waals surface area contributed by atoms with Gasteiger partial charge in [0.05, 0.1) is 25.4 Å². The first-order chi connectivity index (χ1) is 14.8. The number of thioether (sulfide) groups is 1. The van der Waals surface area contributed by atoms with Gasteiger partial charge in [0.25, 0.3) is 0 Å². The summed E-state index contributed by atoms with van der Waals surface area (Å²) in [5.74, 6) is 1.32. The lowest BCUT2D eigenvalue weighted by Gasteiger charge is -2.26.